The molecule has 5 aromatic carbocycles. The topological polar surface area (TPSA) is 125 Å². The predicted molar refractivity (Wildman–Crippen MR) is 172 cm³/mol. The number of hydrogen-bond acceptors (Lipinski definition) is 7. The largest absolute Gasteiger partial charge is 0.741 e. The van der Waals surface area contributed by atoms with Gasteiger partial charge in [-0.3, -0.25) is 10.1 Å². The summed E-state index contributed by atoms with van der Waals surface area (Å²) in [6.45, 7) is 7.78. The molecule has 0 bridgehead atoms. The van der Waals surface area contributed by atoms with Gasteiger partial charge in [-0.05, 0) is 56.0 Å². The van der Waals surface area contributed by atoms with Gasteiger partial charge in [-0.1, -0.05) is 83.9 Å². The fourth-order valence-corrected chi connectivity index (χ4v) is 4.33. The van der Waals surface area contributed by atoms with E-state index in [1.807, 2.05) is 0 Å². The van der Waals surface area contributed by atoms with E-state index in [0.717, 1.165) is 39.5 Å². The van der Waals surface area contributed by atoms with Crippen molar-refractivity contribution in [1.82, 2.24) is 0 Å². The van der Waals surface area contributed by atoms with Gasteiger partial charge >= 0.3 is 5.51 Å². The van der Waals surface area contributed by atoms with Gasteiger partial charge in [-0.2, -0.15) is 13.2 Å². The standard InChI is InChI=1S/C26H20N2.C7H6NO2.CHF3O3S.Pd/c1-17-9-13-20(14-10-17)27-25-22-7-3-5-19-6-4-8-23(24(19)22)26(25)28-21-15-11-18(2)12-16-21;1-6-2-4-7(5-3-6)8(9)10;2-1(3,4)8(5,6)7;/h3-16H,1-2H3;2-5H,1H2;(H,5,6,7);/p-1. The molecule has 0 spiro atoms. The van der Waals surface area contributed by atoms with Gasteiger partial charge in [0.1, 0.15) is 0 Å². The van der Waals surface area contributed by atoms with Gasteiger partial charge < -0.3 is 4.55 Å². The summed E-state index contributed by atoms with van der Waals surface area (Å²) in [6.07, 6.45) is 0. The molecule has 0 aromatic heterocycles. The van der Waals surface area contributed by atoms with Gasteiger partial charge in [-0.15, -0.1) is 0 Å². The van der Waals surface area contributed by atoms with Crippen LogP contribution in [0.2, 0.25) is 0 Å². The van der Waals surface area contributed by atoms with Crippen LogP contribution in [0.4, 0.5) is 30.2 Å². The van der Waals surface area contributed by atoms with Crippen LogP contribution in [-0.4, -0.2) is 34.8 Å². The molecular formula is C34H26F3N3O5PdS-. The maximum Gasteiger partial charge on any atom is 0.485 e. The van der Waals surface area contributed by atoms with Crippen LogP contribution in [0.3, 0.4) is 0 Å². The number of aryl methyl sites for hydroxylation is 2. The van der Waals surface area contributed by atoms with Gasteiger partial charge in [0.05, 0.1) is 27.7 Å². The average molecular weight is 752 g/mol. The Bertz CT molecular complexity index is 1950. The third-order valence-corrected chi connectivity index (χ3v) is 7.19. The second-order valence-electron chi connectivity index (χ2n) is 10.1. The molecule has 6 rings (SSSR count). The van der Waals surface area contributed by atoms with Crippen LogP contribution >= 0.6 is 0 Å². The summed E-state index contributed by atoms with van der Waals surface area (Å²) >= 11 is 0. The van der Waals surface area contributed by atoms with Crippen LogP contribution in [-0.2, 0) is 30.5 Å². The summed E-state index contributed by atoms with van der Waals surface area (Å²) in [5, 5.41) is 12.6. The molecule has 13 heteroatoms. The molecule has 1 aliphatic carbocycles. The van der Waals surface area contributed by atoms with Crippen molar-refractivity contribution in [2.75, 3.05) is 0 Å². The zero-order chi connectivity index (χ0) is 33.6. The molecule has 8 nitrogen and oxygen atoms in total. The minimum absolute atomic E-state index is 0. The Kier molecular flexibility index (Phi) is 12.1. The fraction of sp³-hybridized carbons (Fsp3) is 0.0882. The Morgan fingerprint density at radius 3 is 1.43 bits per heavy atom. The second kappa shape index (κ2) is 15.4. The van der Waals surface area contributed by atoms with Gasteiger partial charge in [0.15, 0.2) is 10.1 Å². The van der Waals surface area contributed by atoms with Crippen molar-refractivity contribution >= 4 is 49.4 Å². The first-order valence-electron chi connectivity index (χ1n) is 13.6. The van der Waals surface area contributed by atoms with E-state index in [1.165, 1.54) is 34.0 Å². The van der Waals surface area contributed by atoms with Crippen LogP contribution in [0.15, 0.2) is 119 Å². The van der Waals surface area contributed by atoms with Gasteiger partial charge in [0.25, 0.3) is 5.69 Å². The maximum atomic E-state index is 10.7. The van der Waals surface area contributed by atoms with E-state index in [1.54, 1.807) is 12.1 Å². The molecule has 0 heterocycles. The van der Waals surface area contributed by atoms with Gasteiger partial charge in [0.2, 0.25) is 0 Å². The summed E-state index contributed by atoms with van der Waals surface area (Å²) in [5.74, 6) is 0. The molecule has 0 saturated carbocycles. The summed E-state index contributed by atoms with van der Waals surface area (Å²) in [4.78, 5) is 19.7. The van der Waals surface area contributed by atoms with Crippen molar-refractivity contribution in [2.45, 2.75) is 19.4 Å². The smallest absolute Gasteiger partial charge is 0.485 e. The first-order valence-corrected chi connectivity index (χ1v) is 15.0. The third-order valence-electron chi connectivity index (χ3n) is 6.62. The molecule has 0 aliphatic heterocycles. The van der Waals surface area contributed by atoms with Crippen LogP contribution in [0.5, 0.6) is 0 Å². The zero-order valence-electron chi connectivity index (χ0n) is 24.8. The molecular weight excluding hydrogens is 726 g/mol. The summed E-state index contributed by atoms with van der Waals surface area (Å²) in [7, 11) is -6.09. The molecule has 0 atom stereocenters. The van der Waals surface area contributed by atoms with E-state index in [4.69, 9.17) is 23.0 Å². The first-order chi connectivity index (χ1) is 21.6. The SMILES string of the molecule is Cc1ccc(N=C2C(=Nc3ccc(C)cc3)c3cccc4cccc2c34)cc1.O=S(=O)([O-])C(F)(F)F.[CH2]c1ccc([N+](=O)[O-])cc1.[Pd]. The Morgan fingerprint density at radius 2 is 1.09 bits per heavy atom. The number of rotatable bonds is 3. The first kappa shape index (κ1) is 36.9. The molecule has 5 aromatic rings. The number of alkyl halides is 3. The van der Waals surface area contributed by atoms with Crippen LogP contribution in [0.1, 0.15) is 27.8 Å². The molecule has 1 aliphatic rings. The van der Waals surface area contributed by atoms with Crippen molar-refractivity contribution in [1.29, 1.82) is 0 Å². The molecule has 0 N–H and O–H groups in total. The molecule has 0 fully saturated rings. The average Bonchev–Trinajstić information content (AvgIpc) is 3.29. The molecule has 245 valence electrons. The number of hydrogen-bond donors (Lipinski definition) is 0. The van der Waals surface area contributed by atoms with Crippen molar-refractivity contribution in [3.05, 3.63) is 154 Å². The summed E-state index contributed by atoms with van der Waals surface area (Å²) in [5.41, 5.74) is 3.78. The Balaban J connectivity index is 0.000000261. The number of aliphatic imine (C=N–C) groups is 2. The molecule has 0 unspecified atom stereocenters. The van der Waals surface area contributed by atoms with Crippen molar-refractivity contribution in [3.8, 4) is 0 Å². The number of halogens is 3. The van der Waals surface area contributed by atoms with E-state index in [9.17, 15) is 23.3 Å². The number of benzene rings is 5. The third kappa shape index (κ3) is 9.50. The zero-order valence-corrected chi connectivity index (χ0v) is 27.2. The van der Waals surface area contributed by atoms with Crippen LogP contribution < -0.4 is 0 Å². The fourth-order valence-electron chi connectivity index (χ4n) is 4.33. The van der Waals surface area contributed by atoms with E-state index >= 15 is 0 Å². The van der Waals surface area contributed by atoms with Crippen molar-refractivity contribution in [2.24, 2.45) is 9.98 Å². The molecule has 0 saturated heterocycles. The monoisotopic (exact) mass is 751 g/mol. The van der Waals surface area contributed by atoms with Crippen molar-refractivity contribution < 1.29 is 51.5 Å². The molecule has 0 amide bonds. The predicted octanol–water partition coefficient (Wildman–Crippen LogP) is 8.54. The minimum atomic E-state index is -6.09. The Labute approximate surface area is 283 Å². The number of nitrogens with zero attached hydrogens (tertiary/aromatic N) is 3. The second-order valence-corrected chi connectivity index (χ2v) is 11.5. The summed E-state index contributed by atoms with van der Waals surface area (Å²) in [6, 6.07) is 35.5. The summed E-state index contributed by atoms with van der Waals surface area (Å²) < 4.78 is 58.9. The number of non-ortho nitro benzene ring substituents is 1. The van der Waals surface area contributed by atoms with E-state index in [2.05, 4.69) is 106 Å². The molecule has 1 radical (unpaired) electrons. The normalized spacial score (nSPS) is 13.7. The van der Waals surface area contributed by atoms with Crippen molar-refractivity contribution in [3.63, 3.8) is 0 Å². The molecule has 47 heavy (non-hydrogen) atoms. The van der Waals surface area contributed by atoms with E-state index < -0.39 is 20.5 Å². The maximum absolute atomic E-state index is 10.7. The van der Waals surface area contributed by atoms with Crippen LogP contribution in [0.25, 0.3) is 10.8 Å². The Hall–Kier alpha value is -4.54. The van der Waals surface area contributed by atoms with E-state index in [0.29, 0.717) is 0 Å². The number of nitro benzene ring substituents is 1. The van der Waals surface area contributed by atoms with Gasteiger partial charge in [-0.25, -0.2) is 18.4 Å². The Morgan fingerprint density at radius 1 is 0.702 bits per heavy atom. The minimum Gasteiger partial charge on any atom is -0.741 e. The van der Waals surface area contributed by atoms with Crippen LogP contribution in [0, 0.1) is 30.9 Å². The quantitative estimate of drug-likeness (QED) is 0.0601. The number of nitro groups is 1. The van der Waals surface area contributed by atoms with E-state index in [-0.39, 0.29) is 26.1 Å². The van der Waals surface area contributed by atoms with Gasteiger partial charge in [0, 0.05) is 49.1 Å².